The second-order valence-corrected chi connectivity index (χ2v) is 8.36. The Hall–Kier alpha value is -0.978. The van der Waals surface area contributed by atoms with Crippen LogP contribution in [-0.2, 0) is 4.74 Å². The second kappa shape index (κ2) is 9.85. The highest BCUT2D eigenvalue weighted by Gasteiger charge is 2.20. The van der Waals surface area contributed by atoms with E-state index in [0.29, 0.717) is 15.2 Å². The smallest absolute Gasteiger partial charge is 0.414 e. The van der Waals surface area contributed by atoms with Gasteiger partial charge in [-0.25, -0.2) is 4.79 Å². The summed E-state index contributed by atoms with van der Waals surface area (Å²) in [6.45, 7) is 10.1. The quantitative estimate of drug-likeness (QED) is 0.783. The number of ether oxygens (including phenoxy) is 1. The van der Waals surface area contributed by atoms with Gasteiger partial charge in [0.1, 0.15) is 5.60 Å². The van der Waals surface area contributed by atoms with Crippen LogP contribution in [0.3, 0.4) is 0 Å². The summed E-state index contributed by atoms with van der Waals surface area (Å²) >= 11 is 0.432. The lowest BCUT2D eigenvalue weighted by molar-refractivity contribution is 0.0589. The first-order valence-electron chi connectivity index (χ1n) is 7.24. The number of benzene rings is 1. The van der Waals surface area contributed by atoms with Crippen molar-refractivity contribution in [1.82, 2.24) is 0 Å². The van der Waals surface area contributed by atoms with E-state index in [9.17, 15) is 4.79 Å². The van der Waals surface area contributed by atoms with Crippen LogP contribution in [0, 0.1) is 6.07 Å². The van der Waals surface area contributed by atoms with E-state index in [0.717, 1.165) is 5.69 Å². The van der Waals surface area contributed by atoms with Gasteiger partial charge in [0, 0.05) is 12.7 Å². The number of rotatable bonds is 3. The first-order valence-corrected chi connectivity index (χ1v) is 9.24. The molecule has 0 aliphatic heterocycles. The van der Waals surface area contributed by atoms with Crippen molar-refractivity contribution in [3.8, 4) is 0 Å². The molecule has 0 saturated heterocycles. The number of carbonyl (C=O) groups is 1. The lowest BCUT2D eigenvalue weighted by atomic mass is 10.2. The fourth-order valence-electron chi connectivity index (χ4n) is 1.38. The first-order chi connectivity index (χ1) is 9.31. The summed E-state index contributed by atoms with van der Waals surface area (Å²) in [5, 5.41) is 2.97. The molecule has 0 saturated carbocycles. The van der Waals surface area contributed by atoms with E-state index in [1.165, 1.54) is 15.5 Å². The molecule has 0 heterocycles. The van der Waals surface area contributed by atoms with E-state index in [2.05, 4.69) is 19.9 Å². The van der Waals surface area contributed by atoms with Gasteiger partial charge in [0.25, 0.3) is 0 Å². The van der Waals surface area contributed by atoms with Crippen molar-refractivity contribution in [1.29, 1.82) is 0 Å². The first kappa shape index (κ1) is 19.0. The normalized spacial score (nSPS) is 10.1. The molecular formula is C16H27AlNO2. The largest absolute Gasteiger partial charge is 0.443 e. The van der Waals surface area contributed by atoms with Crippen molar-refractivity contribution >= 4 is 27.0 Å². The van der Waals surface area contributed by atoms with E-state index in [-0.39, 0.29) is 6.09 Å². The Morgan fingerprint density at radius 2 is 1.95 bits per heavy atom. The summed E-state index contributed by atoms with van der Waals surface area (Å²) < 4.78 is 5.23. The monoisotopic (exact) mass is 292 g/mol. The van der Waals surface area contributed by atoms with Crippen LogP contribution in [-0.4, -0.2) is 34.0 Å². The minimum atomic E-state index is -0.468. The highest BCUT2D eigenvalue weighted by atomic mass is 27.1. The van der Waals surface area contributed by atoms with Crippen LogP contribution in [0.5, 0.6) is 0 Å². The summed E-state index contributed by atoms with van der Waals surface area (Å²) in [5.41, 5.74) is 0.302. The van der Waals surface area contributed by atoms with Gasteiger partial charge >= 0.3 is 6.09 Å². The molecule has 0 aromatic heterocycles. The van der Waals surface area contributed by atoms with E-state index in [1.807, 2.05) is 32.9 Å². The van der Waals surface area contributed by atoms with Gasteiger partial charge in [0.15, 0.2) is 0 Å². The minimum absolute atomic E-state index is 0.359. The van der Waals surface area contributed by atoms with Crippen LogP contribution in [0.4, 0.5) is 10.5 Å². The van der Waals surface area contributed by atoms with E-state index in [1.54, 1.807) is 19.2 Å². The van der Waals surface area contributed by atoms with E-state index in [4.69, 9.17) is 4.74 Å². The minimum Gasteiger partial charge on any atom is -0.443 e. The zero-order chi connectivity index (χ0) is 15.6. The SMILES string of the molecule is CN(C(=O)OC(C)(C)C)c1c[c]ccc1.C[CH2][AlH][CH2]C. The zero-order valence-corrected chi connectivity index (χ0v) is 15.1. The summed E-state index contributed by atoms with van der Waals surface area (Å²) in [5.74, 6) is 0. The standard InChI is InChI=1S/C12H16NO2.2C2H5.Al.H/c1-12(2,3)15-11(14)13(4)10-8-6-5-7-9-10;2*1-2;;/h5-6,8-9H,1-4H3;2*1H2,2H3;;. The Kier molecular flexibility index (Phi) is 9.37. The molecule has 0 aliphatic rings. The summed E-state index contributed by atoms with van der Waals surface area (Å²) in [6, 6.07) is 10.1. The van der Waals surface area contributed by atoms with Crippen molar-refractivity contribution in [3.63, 3.8) is 0 Å². The second-order valence-electron chi connectivity index (χ2n) is 5.65. The number of carbonyl (C=O) groups excluding carboxylic acids is 1. The molecule has 0 N–H and O–H groups in total. The summed E-state index contributed by atoms with van der Waals surface area (Å²) in [6.07, 6.45) is -0.359. The third-order valence-corrected chi connectivity index (χ3v) is 3.87. The lowest BCUT2D eigenvalue weighted by Crippen LogP contribution is -2.34. The van der Waals surface area contributed by atoms with Gasteiger partial charge in [-0.15, -0.1) is 10.6 Å². The third kappa shape index (κ3) is 9.01. The Labute approximate surface area is 130 Å². The van der Waals surface area contributed by atoms with Gasteiger partial charge < -0.3 is 4.74 Å². The number of hydrogen-bond acceptors (Lipinski definition) is 2. The Balaban J connectivity index is 0.000000621. The number of anilines is 1. The number of nitrogens with zero attached hydrogens (tertiary/aromatic N) is 1. The Morgan fingerprint density at radius 1 is 1.35 bits per heavy atom. The van der Waals surface area contributed by atoms with Crippen LogP contribution < -0.4 is 4.90 Å². The molecule has 3 nitrogen and oxygen atoms in total. The molecular weight excluding hydrogens is 265 g/mol. The molecule has 1 amide bonds. The molecule has 1 rings (SSSR count). The van der Waals surface area contributed by atoms with Gasteiger partial charge in [-0.3, -0.25) is 4.90 Å². The predicted molar refractivity (Wildman–Crippen MR) is 88.0 cm³/mol. The van der Waals surface area contributed by atoms with Crippen molar-refractivity contribution in [3.05, 3.63) is 30.3 Å². The molecule has 0 unspecified atom stereocenters. The molecule has 0 spiro atoms. The van der Waals surface area contributed by atoms with Gasteiger partial charge in [0.2, 0.25) is 15.2 Å². The molecule has 1 aromatic carbocycles. The van der Waals surface area contributed by atoms with Crippen LogP contribution in [0.15, 0.2) is 24.3 Å². The van der Waals surface area contributed by atoms with Crippen molar-refractivity contribution in [2.45, 2.75) is 50.8 Å². The fourth-order valence-corrected chi connectivity index (χ4v) is 2.09. The predicted octanol–water partition coefficient (Wildman–Crippen LogP) is 4.16. The van der Waals surface area contributed by atoms with Gasteiger partial charge in [-0.1, -0.05) is 26.0 Å². The van der Waals surface area contributed by atoms with Crippen LogP contribution in [0.2, 0.25) is 10.6 Å². The number of hydrogen-bond donors (Lipinski definition) is 0. The molecule has 0 aliphatic carbocycles. The molecule has 0 fully saturated rings. The van der Waals surface area contributed by atoms with Crippen molar-refractivity contribution in [2.75, 3.05) is 11.9 Å². The van der Waals surface area contributed by atoms with E-state index >= 15 is 0 Å². The molecule has 0 bridgehead atoms. The van der Waals surface area contributed by atoms with Gasteiger partial charge in [0.05, 0.1) is 0 Å². The summed E-state index contributed by atoms with van der Waals surface area (Å²) in [7, 11) is 1.68. The molecule has 0 atom stereocenters. The average molecular weight is 292 g/mol. The van der Waals surface area contributed by atoms with Crippen LogP contribution >= 0.6 is 0 Å². The lowest BCUT2D eigenvalue weighted by Gasteiger charge is -2.24. The fraction of sp³-hybridized carbons (Fsp3) is 0.562. The molecule has 1 aromatic rings. The summed E-state index contributed by atoms with van der Waals surface area (Å²) in [4.78, 5) is 13.1. The highest BCUT2D eigenvalue weighted by molar-refractivity contribution is 6.34. The Bertz CT molecular complexity index is 372. The maximum Gasteiger partial charge on any atom is 0.414 e. The van der Waals surface area contributed by atoms with E-state index < -0.39 is 5.60 Å². The Morgan fingerprint density at radius 3 is 2.30 bits per heavy atom. The van der Waals surface area contributed by atoms with Gasteiger partial charge in [-0.05, 0) is 39.0 Å². The molecule has 20 heavy (non-hydrogen) atoms. The van der Waals surface area contributed by atoms with Crippen molar-refractivity contribution < 1.29 is 9.53 Å². The maximum absolute atomic E-state index is 11.6. The zero-order valence-electron chi connectivity index (χ0n) is 13.7. The van der Waals surface area contributed by atoms with Crippen LogP contribution in [0.25, 0.3) is 0 Å². The van der Waals surface area contributed by atoms with Crippen LogP contribution in [0.1, 0.15) is 34.6 Å². The highest BCUT2D eigenvalue weighted by Crippen LogP contribution is 2.15. The molecule has 111 valence electrons. The third-order valence-electron chi connectivity index (χ3n) is 2.45. The topological polar surface area (TPSA) is 29.5 Å². The van der Waals surface area contributed by atoms with Crippen molar-refractivity contribution in [2.24, 2.45) is 0 Å². The molecule has 1 radical (unpaired) electrons. The van der Waals surface area contributed by atoms with Gasteiger partial charge in [-0.2, -0.15) is 0 Å². The number of amides is 1. The molecule has 4 heteroatoms. The maximum atomic E-state index is 11.6. The average Bonchev–Trinajstić information content (AvgIpc) is 2.38.